The maximum absolute atomic E-state index is 13.3. The first-order valence-electron chi connectivity index (χ1n) is 8.73. The Morgan fingerprint density at radius 2 is 1.43 bits per heavy atom. The highest BCUT2D eigenvalue weighted by atomic mass is 19.1. The Bertz CT molecular complexity index is 894. The molecule has 0 bridgehead atoms. The van der Waals surface area contributed by atoms with Gasteiger partial charge in [-0.25, -0.2) is 9.18 Å². The predicted molar refractivity (Wildman–Crippen MR) is 97.8 cm³/mol. The van der Waals surface area contributed by atoms with Crippen molar-refractivity contribution >= 4 is 17.8 Å². The van der Waals surface area contributed by atoms with E-state index in [9.17, 15) is 18.8 Å². The molecule has 1 heterocycles. The zero-order valence-corrected chi connectivity index (χ0v) is 15.0. The first-order valence-corrected chi connectivity index (χ1v) is 8.73. The number of benzene rings is 2. The number of carboxylic acid groups (broad SMARTS) is 1. The molecule has 2 amide bonds. The maximum Gasteiger partial charge on any atom is 0.341 e. The molecule has 0 aliphatic carbocycles. The maximum atomic E-state index is 13.3. The van der Waals surface area contributed by atoms with Crippen molar-refractivity contribution < 1.29 is 28.6 Å². The first kappa shape index (κ1) is 19.3. The van der Waals surface area contributed by atoms with Crippen LogP contribution in [0, 0.1) is 5.82 Å². The molecule has 8 heteroatoms. The lowest BCUT2D eigenvalue weighted by atomic mass is 10.1. The second kappa shape index (κ2) is 8.51. The van der Waals surface area contributed by atoms with Crippen molar-refractivity contribution in [2.45, 2.75) is 0 Å². The van der Waals surface area contributed by atoms with Gasteiger partial charge in [-0.05, 0) is 36.4 Å². The molecule has 2 aromatic carbocycles. The number of nitrogens with zero attached hydrogens (tertiary/aromatic N) is 2. The van der Waals surface area contributed by atoms with Gasteiger partial charge < -0.3 is 19.6 Å². The van der Waals surface area contributed by atoms with Gasteiger partial charge in [0.25, 0.3) is 11.8 Å². The average molecular weight is 386 g/mol. The Hall–Kier alpha value is -3.42. The fraction of sp³-hybridized carbons (Fsp3) is 0.250. The molecule has 28 heavy (non-hydrogen) atoms. The SMILES string of the molecule is O=C(O)COc1cccc(C(=O)N2CCN(C(=O)c3cccc(F)c3)CC2)c1. The number of piperazine rings is 1. The fourth-order valence-electron chi connectivity index (χ4n) is 2.96. The molecule has 7 nitrogen and oxygen atoms in total. The molecular formula is C20H19FN2O5. The van der Waals surface area contributed by atoms with Gasteiger partial charge in [-0.1, -0.05) is 12.1 Å². The van der Waals surface area contributed by atoms with Crippen LogP contribution in [0.4, 0.5) is 4.39 Å². The highest BCUT2D eigenvalue weighted by Crippen LogP contribution is 2.17. The third-order valence-corrected chi connectivity index (χ3v) is 4.37. The zero-order valence-electron chi connectivity index (χ0n) is 15.0. The second-order valence-electron chi connectivity index (χ2n) is 6.30. The molecule has 146 valence electrons. The standard InChI is InChI=1S/C20H19FN2O5/c21-16-5-1-3-14(11-16)19(26)22-7-9-23(10-8-22)20(27)15-4-2-6-17(12-15)28-13-18(24)25/h1-6,11-12H,7-10,13H2,(H,24,25). The van der Waals surface area contributed by atoms with Gasteiger partial charge in [0.1, 0.15) is 11.6 Å². The molecule has 0 radical (unpaired) electrons. The highest BCUT2D eigenvalue weighted by Gasteiger charge is 2.25. The summed E-state index contributed by atoms with van der Waals surface area (Å²) >= 11 is 0. The van der Waals surface area contributed by atoms with Crippen molar-refractivity contribution in [2.24, 2.45) is 0 Å². The molecule has 1 fully saturated rings. The van der Waals surface area contributed by atoms with Crippen LogP contribution in [0.3, 0.4) is 0 Å². The van der Waals surface area contributed by atoms with E-state index >= 15 is 0 Å². The fourth-order valence-corrected chi connectivity index (χ4v) is 2.96. The molecule has 3 rings (SSSR count). The predicted octanol–water partition coefficient (Wildman–Crippen LogP) is 1.89. The van der Waals surface area contributed by atoms with Gasteiger partial charge in [0.2, 0.25) is 0 Å². The summed E-state index contributed by atoms with van der Waals surface area (Å²) in [7, 11) is 0. The number of carboxylic acids is 1. The molecule has 0 saturated carbocycles. The molecule has 0 aromatic heterocycles. The third kappa shape index (κ3) is 4.64. The van der Waals surface area contributed by atoms with Crippen LogP contribution in [0.15, 0.2) is 48.5 Å². The average Bonchev–Trinajstić information content (AvgIpc) is 2.71. The zero-order chi connectivity index (χ0) is 20.1. The Kier molecular flexibility index (Phi) is 5.88. The topological polar surface area (TPSA) is 87.2 Å². The van der Waals surface area contributed by atoms with Gasteiger partial charge in [-0.15, -0.1) is 0 Å². The number of ether oxygens (including phenoxy) is 1. The number of carbonyl (C=O) groups excluding carboxylic acids is 2. The summed E-state index contributed by atoms with van der Waals surface area (Å²) in [4.78, 5) is 38.9. The van der Waals surface area contributed by atoms with E-state index in [2.05, 4.69) is 0 Å². The summed E-state index contributed by atoms with van der Waals surface area (Å²) in [6, 6.07) is 11.8. The summed E-state index contributed by atoms with van der Waals surface area (Å²) in [6.45, 7) is 0.894. The number of hydrogen-bond acceptors (Lipinski definition) is 4. The number of halogens is 1. The van der Waals surface area contributed by atoms with Crippen molar-refractivity contribution in [3.05, 3.63) is 65.5 Å². The van der Waals surface area contributed by atoms with Crippen molar-refractivity contribution in [1.29, 1.82) is 0 Å². The molecule has 1 aliphatic heterocycles. The number of hydrogen-bond donors (Lipinski definition) is 1. The minimum absolute atomic E-state index is 0.223. The summed E-state index contributed by atoms with van der Waals surface area (Å²) < 4.78 is 18.4. The lowest BCUT2D eigenvalue weighted by Gasteiger charge is -2.35. The van der Waals surface area contributed by atoms with Crippen LogP contribution in [0.5, 0.6) is 5.75 Å². The van der Waals surface area contributed by atoms with Crippen LogP contribution in [0.2, 0.25) is 0 Å². The summed E-state index contributed by atoms with van der Waals surface area (Å²) in [5, 5.41) is 8.67. The molecule has 1 saturated heterocycles. The Morgan fingerprint density at radius 1 is 0.893 bits per heavy atom. The lowest BCUT2D eigenvalue weighted by molar-refractivity contribution is -0.139. The van der Waals surface area contributed by atoms with Gasteiger partial charge in [-0.2, -0.15) is 0 Å². The lowest BCUT2D eigenvalue weighted by Crippen LogP contribution is -2.50. The van der Waals surface area contributed by atoms with E-state index < -0.39 is 18.4 Å². The van der Waals surface area contributed by atoms with E-state index in [1.807, 2.05) is 0 Å². The van der Waals surface area contributed by atoms with Crippen molar-refractivity contribution in [2.75, 3.05) is 32.8 Å². The Labute approximate surface area is 160 Å². The molecule has 1 aliphatic rings. The van der Waals surface area contributed by atoms with Crippen LogP contribution in [-0.4, -0.2) is 65.5 Å². The van der Waals surface area contributed by atoms with Crippen molar-refractivity contribution in [3.63, 3.8) is 0 Å². The quantitative estimate of drug-likeness (QED) is 0.848. The Morgan fingerprint density at radius 3 is 1.96 bits per heavy atom. The normalized spacial score (nSPS) is 13.9. The minimum Gasteiger partial charge on any atom is -0.482 e. The second-order valence-corrected chi connectivity index (χ2v) is 6.30. The van der Waals surface area contributed by atoms with Crippen molar-refractivity contribution in [1.82, 2.24) is 9.80 Å². The van der Waals surface area contributed by atoms with Crippen LogP contribution in [0.1, 0.15) is 20.7 Å². The summed E-state index contributed by atoms with van der Waals surface area (Å²) in [5.74, 6) is -1.76. The van der Waals surface area contributed by atoms with E-state index in [1.54, 1.807) is 34.1 Å². The molecular weight excluding hydrogens is 367 g/mol. The monoisotopic (exact) mass is 386 g/mol. The van der Waals surface area contributed by atoms with Crippen LogP contribution < -0.4 is 4.74 Å². The van der Waals surface area contributed by atoms with Gasteiger partial charge in [0.15, 0.2) is 6.61 Å². The van der Waals surface area contributed by atoms with Gasteiger partial charge in [-0.3, -0.25) is 9.59 Å². The minimum atomic E-state index is -1.10. The smallest absolute Gasteiger partial charge is 0.341 e. The molecule has 0 unspecified atom stereocenters. The van der Waals surface area contributed by atoms with Crippen LogP contribution >= 0.6 is 0 Å². The van der Waals surface area contributed by atoms with Gasteiger partial charge in [0.05, 0.1) is 0 Å². The molecule has 0 spiro atoms. The summed E-state index contributed by atoms with van der Waals surface area (Å²) in [5.41, 5.74) is 0.663. The highest BCUT2D eigenvalue weighted by molar-refractivity contribution is 5.96. The molecule has 0 atom stereocenters. The van der Waals surface area contributed by atoms with E-state index in [4.69, 9.17) is 9.84 Å². The third-order valence-electron chi connectivity index (χ3n) is 4.37. The summed E-state index contributed by atoms with van der Waals surface area (Å²) in [6.07, 6.45) is 0. The number of carbonyl (C=O) groups is 3. The largest absolute Gasteiger partial charge is 0.482 e. The van der Waals surface area contributed by atoms with Gasteiger partial charge >= 0.3 is 5.97 Å². The van der Waals surface area contributed by atoms with E-state index in [-0.39, 0.29) is 17.4 Å². The molecule has 2 aromatic rings. The van der Waals surface area contributed by atoms with Gasteiger partial charge in [0, 0.05) is 37.3 Å². The van der Waals surface area contributed by atoms with E-state index in [0.717, 1.165) is 0 Å². The molecule has 1 N–H and O–H groups in total. The Balaban J connectivity index is 1.60. The van der Waals surface area contributed by atoms with E-state index in [1.165, 1.54) is 24.3 Å². The van der Waals surface area contributed by atoms with Crippen molar-refractivity contribution in [3.8, 4) is 5.75 Å². The van der Waals surface area contributed by atoms with Crippen LogP contribution in [0.25, 0.3) is 0 Å². The van der Waals surface area contributed by atoms with Crippen LogP contribution in [-0.2, 0) is 4.79 Å². The number of amides is 2. The van der Waals surface area contributed by atoms with E-state index in [0.29, 0.717) is 37.5 Å². The first-order chi connectivity index (χ1) is 13.4. The number of rotatable bonds is 5. The number of aliphatic carboxylic acids is 1.